The lowest BCUT2D eigenvalue weighted by Crippen LogP contribution is -2.04. The van der Waals surface area contributed by atoms with Gasteiger partial charge in [0.15, 0.2) is 23.1 Å². The van der Waals surface area contributed by atoms with Gasteiger partial charge in [-0.2, -0.15) is 0 Å². The van der Waals surface area contributed by atoms with Gasteiger partial charge in [-0.15, -0.1) is 0 Å². The van der Waals surface area contributed by atoms with Crippen molar-refractivity contribution in [3.05, 3.63) is 47.4 Å². The Morgan fingerprint density at radius 2 is 1.75 bits per heavy atom. The third kappa shape index (κ3) is 1.78. The van der Waals surface area contributed by atoms with Crippen LogP contribution >= 0.6 is 0 Å². The van der Waals surface area contributed by atoms with Gasteiger partial charge >= 0.3 is 0 Å². The molecule has 0 radical (unpaired) electrons. The van der Waals surface area contributed by atoms with E-state index in [4.69, 9.17) is 5.73 Å². The van der Waals surface area contributed by atoms with Crippen molar-refractivity contribution >= 4 is 17.1 Å². The number of benzene rings is 1. The lowest BCUT2D eigenvalue weighted by molar-refractivity contribution is 0.446. The summed E-state index contributed by atoms with van der Waals surface area (Å²) in [6.45, 7) is 1.83. The van der Waals surface area contributed by atoms with Gasteiger partial charge < -0.3 is 5.73 Å². The van der Waals surface area contributed by atoms with Gasteiger partial charge in [0.2, 0.25) is 5.95 Å². The zero-order chi connectivity index (χ0) is 14.4. The van der Waals surface area contributed by atoms with Crippen LogP contribution in [0.1, 0.15) is 5.56 Å². The van der Waals surface area contributed by atoms with Gasteiger partial charge in [-0.1, -0.05) is 0 Å². The number of anilines is 1. The lowest BCUT2D eigenvalue weighted by Gasteiger charge is -2.07. The maximum atomic E-state index is 13.3. The van der Waals surface area contributed by atoms with Crippen LogP contribution in [0.25, 0.3) is 16.9 Å². The molecule has 0 aliphatic heterocycles. The molecule has 2 heterocycles. The van der Waals surface area contributed by atoms with Crippen molar-refractivity contribution in [2.75, 3.05) is 5.73 Å². The Kier molecular flexibility index (Phi) is 2.63. The molecule has 7 heteroatoms. The summed E-state index contributed by atoms with van der Waals surface area (Å²) in [5.74, 6) is -4.11. The zero-order valence-electron chi connectivity index (χ0n) is 10.4. The molecule has 20 heavy (non-hydrogen) atoms. The topological polar surface area (TPSA) is 56.7 Å². The fourth-order valence-corrected chi connectivity index (χ4v) is 2.01. The van der Waals surface area contributed by atoms with Gasteiger partial charge in [0, 0.05) is 18.3 Å². The van der Waals surface area contributed by atoms with Crippen LogP contribution in [0.15, 0.2) is 24.4 Å². The van der Waals surface area contributed by atoms with Crippen LogP contribution in [0.5, 0.6) is 0 Å². The summed E-state index contributed by atoms with van der Waals surface area (Å²) in [6, 6.07) is 3.43. The number of nitrogen functional groups attached to an aromatic ring is 1. The number of pyridine rings is 1. The Morgan fingerprint density at radius 1 is 1.10 bits per heavy atom. The van der Waals surface area contributed by atoms with Crippen LogP contribution in [0, 0.1) is 24.4 Å². The Bertz CT molecular complexity index is 803. The van der Waals surface area contributed by atoms with E-state index in [2.05, 4.69) is 9.97 Å². The van der Waals surface area contributed by atoms with Crippen LogP contribution in [-0.4, -0.2) is 14.5 Å². The fraction of sp³-hybridized carbons (Fsp3) is 0.0769. The smallest absolute Gasteiger partial charge is 0.207 e. The van der Waals surface area contributed by atoms with Crippen molar-refractivity contribution in [3.8, 4) is 5.69 Å². The van der Waals surface area contributed by atoms with E-state index in [9.17, 15) is 13.2 Å². The zero-order valence-corrected chi connectivity index (χ0v) is 10.4. The number of imidazole rings is 1. The predicted octanol–water partition coefficient (Wildman–Crippen LogP) is 2.73. The van der Waals surface area contributed by atoms with Gasteiger partial charge in [0.05, 0.1) is 5.69 Å². The number of nitrogens with zero attached hydrogens (tertiary/aromatic N) is 3. The summed E-state index contributed by atoms with van der Waals surface area (Å²) in [4.78, 5) is 8.21. The number of aryl methyl sites for hydroxylation is 1. The number of hydrogen-bond acceptors (Lipinski definition) is 3. The second-order valence-electron chi connectivity index (χ2n) is 4.38. The molecule has 0 aliphatic carbocycles. The molecule has 1 aromatic carbocycles. The molecule has 3 aromatic rings. The first-order valence-corrected chi connectivity index (χ1v) is 5.73. The first kappa shape index (κ1) is 12.5. The second-order valence-corrected chi connectivity index (χ2v) is 4.38. The number of halogens is 3. The molecule has 102 valence electrons. The largest absolute Gasteiger partial charge is 0.369 e. The van der Waals surface area contributed by atoms with Crippen LogP contribution in [0.3, 0.4) is 0 Å². The van der Waals surface area contributed by atoms with Crippen molar-refractivity contribution in [1.82, 2.24) is 14.5 Å². The molecule has 0 bridgehead atoms. The van der Waals surface area contributed by atoms with Crippen molar-refractivity contribution in [1.29, 1.82) is 0 Å². The number of hydrogen-bond donors (Lipinski definition) is 1. The van der Waals surface area contributed by atoms with Crippen LogP contribution in [0.4, 0.5) is 19.1 Å². The van der Waals surface area contributed by atoms with E-state index in [0.717, 1.165) is 17.7 Å². The van der Waals surface area contributed by atoms with Crippen molar-refractivity contribution in [3.63, 3.8) is 0 Å². The Morgan fingerprint density at radius 3 is 2.40 bits per heavy atom. The molecule has 0 amide bonds. The minimum absolute atomic E-state index is 0.0171. The highest BCUT2D eigenvalue weighted by molar-refractivity contribution is 5.77. The Hall–Kier alpha value is -2.57. The third-order valence-electron chi connectivity index (χ3n) is 2.89. The summed E-state index contributed by atoms with van der Waals surface area (Å²) in [6.07, 6.45) is 1.58. The molecule has 0 saturated carbocycles. The molecule has 0 saturated heterocycles. The molecule has 0 fully saturated rings. The number of rotatable bonds is 1. The summed E-state index contributed by atoms with van der Waals surface area (Å²) in [5.41, 5.74) is 7.49. The molecule has 0 spiro atoms. The molecule has 2 aromatic heterocycles. The Balaban J connectivity index is 2.32. The lowest BCUT2D eigenvalue weighted by atomic mass is 10.2. The van der Waals surface area contributed by atoms with E-state index in [1.54, 1.807) is 12.3 Å². The molecular weight excluding hydrogens is 269 g/mol. The SMILES string of the molecule is Cc1cnc2c(c1)nc(N)n2-c1cc(F)c(F)c(F)c1. The Labute approximate surface area is 111 Å². The minimum Gasteiger partial charge on any atom is -0.369 e. The summed E-state index contributed by atoms with van der Waals surface area (Å²) < 4.78 is 40.9. The van der Waals surface area contributed by atoms with E-state index < -0.39 is 17.5 Å². The third-order valence-corrected chi connectivity index (χ3v) is 2.89. The van der Waals surface area contributed by atoms with E-state index in [1.807, 2.05) is 6.92 Å². The molecule has 3 rings (SSSR count). The van der Waals surface area contributed by atoms with Crippen molar-refractivity contribution < 1.29 is 13.2 Å². The van der Waals surface area contributed by atoms with E-state index in [-0.39, 0.29) is 11.6 Å². The average molecular weight is 278 g/mol. The first-order valence-electron chi connectivity index (χ1n) is 5.73. The van der Waals surface area contributed by atoms with Gasteiger partial charge in [-0.25, -0.2) is 23.1 Å². The summed E-state index contributed by atoms with van der Waals surface area (Å²) >= 11 is 0. The quantitative estimate of drug-likeness (QED) is 0.696. The van der Waals surface area contributed by atoms with Crippen molar-refractivity contribution in [2.45, 2.75) is 6.92 Å². The number of aromatic nitrogens is 3. The normalized spacial score (nSPS) is 11.2. The summed E-state index contributed by atoms with van der Waals surface area (Å²) in [7, 11) is 0. The van der Waals surface area contributed by atoms with Crippen molar-refractivity contribution in [2.24, 2.45) is 0 Å². The van der Waals surface area contributed by atoms with E-state index >= 15 is 0 Å². The maximum absolute atomic E-state index is 13.3. The average Bonchev–Trinajstić information content (AvgIpc) is 2.70. The van der Waals surface area contributed by atoms with Crippen LogP contribution in [0.2, 0.25) is 0 Å². The van der Waals surface area contributed by atoms with Gasteiger partial charge in [0.1, 0.15) is 5.52 Å². The van der Waals surface area contributed by atoms with Crippen LogP contribution < -0.4 is 5.73 Å². The van der Waals surface area contributed by atoms with E-state index in [0.29, 0.717) is 11.2 Å². The highest BCUT2D eigenvalue weighted by atomic mass is 19.2. The monoisotopic (exact) mass is 278 g/mol. The highest BCUT2D eigenvalue weighted by Gasteiger charge is 2.16. The van der Waals surface area contributed by atoms with Gasteiger partial charge in [0.25, 0.3) is 0 Å². The fourth-order valence-electron chi connectivity index (χ4n) is 2.01. The highest BCUT2D eigenvalue weighted by Crippen LogP contribution is 2.24. The molecule has 0 atom stereocenters. The number of nitrogens with two attached hydrogens (primary N) is 1. The molecule has 0 aliphatic rings. The van der Waals surface area contributed by atoms with Gasteiger partial charge in [-0.3, -0.25) is 4.57 Å². The summed E-state index contributed by atoms with van der Waals surface area (Å²) in [5, 5.41) is 0. The first-order chi connectivity index (χ1) is 9.47. The molecule has 0 unspecified atom stereocenters. The maximum Gasteiger partial charge on any atom is 0.207 e. The standard InChI is InChI=1S/C13H9F3N4/c1-6-2-10-12(18-5-6)20(13(17)19-10)7-3-8(14)11(16)9(15)4-7/h2-5H,1H3,(H2,17,19). The van der Waals surface area contributed by atoms with E-state index in [1.165, 1.54) is 4.57 Å². The van der Waals surface area contributed by atoms with Gasteiger partial charge in [-0.05, 0) is 18.6 Å². The molecule has 4 nitrogen and oxygen atoms in total. The van der Waals surface area contributed by atoms with Crippen LogP contribution in [-0.2, 0) is 0 Å². The number of fused-ring (bicyclic) bond motifs is 1. The minimum atomic E-state index is -1.53. The second kappa shape index (κ2) is 4.22. The predicted molar refractivity (Wildman–Crippen MR) is 67.9 cm³/mol. The molecule has 2 N–H and O–H groups in total. The molecular formula is C13H9F3N4.